The lowest BCUT2D eigenvalue weighted by Gasteiger charge is -2.15. The highest BCUT2D eigenvalue weighted by Crippen LogP contribution is 2.54. The Morgan fingerprint density at radius 3 is 2.71 bits per heavy atom. The van der Waals surface area contributed by atoms with Gasteiger partial charge in [0.05, 0.1) is 12.5 Å². The summed E-state index contributed by atoms with van der Waals surface area (Å²) >= 11 is 4.00. The molecule has 17 heavy (non-hydrogen) atoms. The Kier molecular flexibility index (Phi) is 3.45. The zero-order valence-electron chi connectivity index (χ0n) is 10.1. The van der Waals surface area contributed by atoms with Crippen molar-refractivity contribution in [3.8, 4) is 0 Å². The van der Waals surface area contributed by atoms with Crippen molar-refractivity contribution in [1.29, 1.82) is 0 Å². The molecule has 1 saturated carbocycles. The van der Waals surface area contributed by atoms with E-state index in [4.69, 9.17) is 4.74 Å². The predicted octanol–water partition coefficient (Wildman–Crippen LogP) is 1.86. The molecule has 2 unspecified atom stereocenters. The molecule has 1 aliphatic rings. The number of carbonyl (C=O) groups excluding carboxylic acids is 1. The molecule has 3 nitrogen and oxygen atoms in total. The number of aryl methyl sites for hydroxylation is 1. The lowest BCUT2D eigenvalue weighted by molar-refractivity contribution is -0.144. The maximum Gasteiger partial charge on any atom is 0.316 e. The normalized spacial score (nSPS) is 26.6. The van der Waals surface area contributed by atoms with E-state index in [9.17, 15) is 4.79 Å². The molecule has 0 aromatic heterocycles. The second-order valence-corrected chi connectivity index (χ2v) is 4.91. The fraction of sp³-hybridized carbons (Fsp3) is 0.462. The van der Waals surface area contributed by atoms with E-state index in [-0.39, 0.29) is 11.9 Å². The number of thiol groups is 1. The summed E-state index contributed by atoms with van der Waals surface area (Å²) in [5.41, 5.74) is 1.78. The zero-order valence-corrected chi connectivity index (χ0v) is 11.0. The standard InChI is InChI=1S/C13H17NO2S/c1-9-3-5-10(6-4-9)13(12(15)16-2)7-11(13)8-14-17/h3-6,11,14,17H,7-8H2,1-2H3. The molecule has 1 fully saturated rings. The van der Waals surface area contributed by atoms with Gasteiger partial charge in [0.1, 0.15) is 0 Å². The van der Waals surface area contributed by atoms with Crippen LogP contribution in [-0.2, 0) is 14.9 Å². The van der Waals surface area contributed by atoms with Crippen LogP contribution in [0.5, 0.6) is 0 Å². The molecule has 2 rings (SSSR count). The van der Waals surface area contributed by atoms with E-state index in [0.29, 0.717) is 6.54 Å². The van der Waals surface area contributed by atoms with Crippen LogP contribution in [0.2, 0.25) is 0 Å². The lowest BCUT2D eigenvalue weighted by Crippen LogP contribution is -2.27. The zero-order chi connectivity index (χ0) is 12.5. The second kappa shape index (κ2) is 4.70. The van der Waals surface area contributed by atoms with E-state index >= 15 is 0 Å². The summed E-state index contributed by atoms with van der Waals surface area (Å²) in [6.45, 7) is 2.75. The van der Waals surface area contributed by atoms with E-state index in [0.717, 1.165) is 12.0 Å². The Bertz CT molecular complexity index is 418. The molecule has 1 aromatic carbocycles. The first-order valence-electron chi connectivity index (χ1n) is 5.67. The van der Waals surface area contributed by atoms with E-state index in [1.54, 1.807) is 0 Å². The third-order valence-corrected chi connectivity index (χ3v) is 3.74. The van der Waals surface area contributed by atoms with Crippen LogP contribution >= 0.6 is 12.8 Å². The fourth-order valence-corrected chi connectivity index (χ4v) is 2.66. The summed E-state index contributed by atoms with van der Waals surface area (Å²) in [6.07, 6.45) is 0.830. The highest BCUT2D eigenvalue weighted by molar-refractivity contribution is 7.78. The molecule has 0 amide bonds. The number of methoxy groups -OCH3 is 1. The van der Waals surface area contributed by atoms with Crippen LogP contribution in [0.1, 0.15) is 17.5 Å². The molecule has 92 valence electrons. The molecule has 0 aliphatic heterocycles. The van der Waals surface area contributed by atoms with Crippen molar-refractivity contribution >= 4 is 18.8 Å². The van der Waals surface area contributed by atoms with Crippen LogP contribution in [0.25, 0.3) is 0 Å². The number of rotatable bonds is 4. The molecule has 0 spiro atoms. The Morgan fingerprint density at radius 2 is 2.18 bits per heavy atom. The molecule has 0 bridgehead atoms. The topological polar surface area (TPSA) is 38.3 Å². The minimum atomic E-state index is -0.460. The fourth-order valence-electron chi connectivity index (χ4n) is 2.44. The second-order valence-electron chi connectivity index (χ2n) is 4.59. The van der Waals surface area contributed by atoms with Crippen LogP contribution < -0.4 is 4.72 Å². The van der Waals surface area contributed by atoms with Crippen molar-refractivity contribution in [3.63, 3.8) is 0 Å². The van der Waals surface area contributed by atoms with Gasteiger partial charge in [0.2, 0.25) is 0 Å². The summed E-state index contributed by atoms with van der Waals surface area (Å²) in [4.78, 5) is 12.0. The molecule has 0 saturated heterocycles. The van der Waals surface area contributed by atoms with Gasteiger partial charge in [-0.2, -0.15) is 0 Å². The SMILES string of the molecule is COC(=O)C1(c2ccc(C)cc2)CC1CNS. The van der Waals surface area contributed by atoms with Gasteiger partial charge in [-0.05, 0) is 24.8 Å². The van der Waals surface area contributed by atoms with Crippen molar-refractivity contribution in [3.05, 3.63) is 35.4 Å². The van der Waals surface area contributed by atoms with Crippen LogP contribution in [-0.4, -0.2) is 19.6 Å². The minimum Gasteiger partial charge on any atom is -0.468 e. The Labute approximate surface area is 107 Å². The average molecular weight is 251 g/mol. The summed E-state index contributed by atoms with van der Waals surface area (Å²) in [5, 5.41) is 0. The lowest BCUT2D eigenvalue weighted by atomic mass is 9.92. The van der Waals surface area contributed by atoms with Crippen molar-refractivity contribution in [2.45, 2.75) is 18.8 Å². The molecule has 1 aliphatic carbocycles. The number of nitrogens with one attached hydrogen (secondary N) is 1. The number of ether oxygens (including phenoxy) is 1. The Morgan fingerprint density at radius 1 is 1.53 bits per heavy atom. The van der Waals surface area contributed by atoms with Crippen LogP contribution in [0.15, 0.2) is 24.3 Å². The first-order valence-corrected chi connectivity index (χ1v) is 6.12. The quantitative estimate of drug-likeness (QED) is 0.633. The van der Waals surface area contributed by atoms with Crippen molar-refractivity contribution < 1.29 is 9.53 Å². The van der Waals surface area contributed by atoms with Gasteiger partial charge in [0.25, 0.3) is 0 Å². The van der Waals surface area contributed by atoms with Gasteiger partial charge >= 0.3 is 5.97 Å². The molecule has 0 radical (unpaired) electrons. The number of esters is 1. The average Bonchev–Trinajstić information content (AvgIpc) is 3.05. The van der Waals surface area contributed by atoms with E-state index in [2.05, 4.69) is 17.5 Å². The number of hydrogen-bond donors (Lipinski definition) is 2. The summed E-state index contributed by atoms with van der Waals surface area (Å²) in [5.74, 6) is 0.130. The smallest absolute Gasteiger partial charge is 0.316 e. The van der Waals surface area contributed by atoms with Gasteiger partial charge in [0, 0.05) is 6.54 Å². The number of hydrogen-bond acceptors (Lipinski definition) is 4. The Hall–Kier alpha value is -1.00. The molecule has 0 heterocycles. The molecule has 4 heteroatoms. The van der Waals surface area contributed by atoms with Crippen LogP contribution in [0.4, 0.5) is 0 Å². The van der Waals surface area contributed by atoms with Crippen molar-refractivity contribution in [1.82, 2.24) is 4.72 Å². The molecule has 1 aromatic rings. The molecular formula is C13H17NO2S. The summed E-state index contributed by atoms with van der Waals surface area (Å²) in [6, 6.07) is 8.10. The Balaban J connectivity index is 2.30. The van der Waals surface area contributed by atoms with Gasteiger partial charge in [-0.1, -0.05) is 42.6 Å². The first-order chi connectivity index (χ1) is 8.15. The third kappa shape index (κ3) is 2.07. The monoisotopic (exact) mass is 251 g/mol. The first kappa shape index (κ1) is 12.5. The maximum absolute atomic E-state index is 12.0. The van der Waals surface area contributed by atoms with Gasteiger partial charge in [-0.15, -0.1) is 0 Å². The molecular weight excluding hydrogens is 234 g/mol. The summed E-state index contributed by atoms with van der Waals surface area (Å²) in [7, 11) is 1.45. The van der Waals surface area contributed by atoms with Crippen molar-refractivity contribution in [2.24, 2.45) is 5.92 Å². The van der Waals surface area contributed by atoms with Gasteiger partial charge in [-0.3, -0.25) is 9.52 Å². The van der Waals surface area contributed by atoms with E-state index in [1.165, 1.54) is 12.7 Å². The predicted molar refractivity (Wildman–Crippen MR) is 70.0 cm³/mol. The number of benzene rings is 1. The maximum atomic E-state index is 12.0. The third-order valence-electron chi connectivity index (χ3n) is 3.56. The van der Waals surface area contributed by atoms with Crippen LogP contribution in [0.3, 0.4) is 0 Å². The van der Waals surface area contributed by atoms with E-state index < -0.39 is 5.41 Å². The van der Waals surface area contributed by atoms with Crippen molar-refractivity contribution in [2.75, 3.05) is 13.7 Å². The van der Waals surface area contributed by atoms with E-state index in [1.807, 2.05) is 31.2 Å². The van der Waals surface area contributed by atoms with Crippen LogP contribution in [0, 0.1) is 12.8 Å². The largest absolute Gasteiger partial charge is 0.468 e. The summed E-state index contributed by atoms with van der Waals surface area (Å²) < 4.78 is 7.78. The van der Waals surface area contributed by atoms with Gasteiger partial charge < -0.3 is 4.74 Å². The highest BCUT2D eigenvalue weighted by Gasteiger charge is 2.61. The highest BCUT2D eigenvalue weighted by atomic mass is 32.1. The number of carbonyl (C=O) groups is 1. The molecule has 2 atom stereocenters. The van der Waals surface area contributed by atoms with Gasteiger partial charge in [-0.25, -0.2) is 0 Å². The molecule has 1 N–H and O–H groups in total. The minimum absolute atomic E-state index is 0.144. The van der Waals surface area contributed by atoms with Gasteiger partial charge in [0.15, 0.2) is 0 Å².